The fourth-order valence-electron chi connectivity index (χ4n) is 0.100. The van der Waals surface area contributed by atoms with Gasteiger partial charge in [-0.05, 0) is 0 Å². The molecule has 0 unspecified atom stereocenters. The highest BCUT2D eigenvalue weighted by molar-refractivity contribution is 6.48. The summed E-state index contributed by atoms with van der Waals surface area (Å²) in [4.78, 5) is 32.5. The number of hydrogen-bond acceptors (Lipinski definition) is 6. The molecule has 0 amide bonds. The quantitative estimate of drug-likeness (QED) is 0.224. The first-order chi connectivity index (χ1) is 3.42. The Morgan fingerprint density at radius 3 is 1.88 bits per heavy atom. The fourth-order valence-corrected chi connectivity index (χ4v) is 0.300. The lowest BCUT2D eigenvalue weighted by Gasteiger charge is -2.02. The van der Waals surface area contributed by atoms with E-state index in [1.807, 2.05) is 0 Å². The van der Waals surface area contributed by atoms with Crippen molar-refractivity contribution < 1.29 is 24.0 Å². The second-order valence-corrected chi connectivity index (χ2v) is 2.22. The third kappa shape index (κ3) is 5.30. The maximum atomic E-state index is 9.15. The minimum atomic E-state index is -4.92. The van der Waals surface area contributed by atoms with Gasteiger partial charge in [0.1, 0.15) is 0 Å². The first-order valence-corrected chi connectivity index (χ1v) is 3.17. The van der Waals surface area contributed by atoms with Crippen LogP contribution in [0.4, 0.5) is 0 Å². The summed E-state index contributed by atoms with van der Waals surface area (Å²) < 4.78 is 2.97. The van der Waals surface area contributed by atoms with Gasteiger partial charge in [-0.25, -0.2) is 0 Å². The summed E-state index contributed by atoms with van der Waals surface area (Å²) in [6.45, 7) is 0. The van der Waals surface area contributed by atoms with E-state index in [2.05, 4.69) is 4.53 Å². The van der Waals surface area contributed by atoms with Gasteiger partial charge < -0.3 is 14.4 Å². The number of nitrogens with zero attached hydrogens (tertiary/aromatic N) is 1. The Labute approximate surface area is 44.4 Å². The summed E-state index contributed by atoms with van der Waals surface area (Å²) in [5.74, 6) is 0. The van der Waals surface area contributed by atoms with Crippen molar-refractivity contribution in [2.75, 3.05) is 0 Å². The van der Waals surface area contributed by atoms with Crippen LogP contribution in [0.15, 0.2) is 0 Å². The van der Waals surface area contributed by atoms with Gasteiger partial charge in [0.25, 0.3) is 5.09 Å². The predicted molar refractivity (Wildman–Crippen MR) is 20.5 cm³/mol. The molecule has 7 nitrogen and oxygen atoms in total. The Balaban J connectivity index is 3.55. The molecule has 0 aromatic carbocycles. The molecule has 0 aliphatic rings. The van der Waals surface area contributed by atoms with Crippen LogP contribution in [0.3, 0.4) is 0 Å². The summed E-state index contributed by atoms with van der Waals surface area (Å²) >= 11 is 0. The maximum absolute atomic E-state index is 9.15. The van der Waals surface area contributed by atoms with Crippen molar-refractivity contribution in [1.29, 1.82) is 0 Å². The van der Waals surface area contributed by atoms with Crippen LogP contribution >= 0.6 is 0 Å². The normalized spacial score (nSPS) is 10.9. The fraction of sp³-hybridized carbons (Fsp3) is 0. The first kappa shape index (κ1) is 7.30. The summed E-state index contributed by atoms with van der Waals surface area (Å²) in [6.07, 6.45) is 0. The highest BCUT2D eigenvalue weighted by Gasteiger charge is 2.34. The molecular formula is H3NO6Si. The van der Waals surface area contributed by atoms with Crippen molar-refractivity contribution in [3.63, 3.8) is 0 Å². The average molecular weight is 141 g/mol. The Bertz CT molecular complexity index is 91.2. The molecule has 0 radical (unpaired) electrons. The smallest absolute Gasteiger partial charge is 0.370 e. The summed E-state index contributed by atoms with van der Waals surface area (Å²) in [5.41, 5.74) is 0. The predicted octanol–water partition coefficient (Wildman–Crippen LogP) is -2.39. The average Bonchev–Trinajstić information content (AvgIpc) is 1.21. The Morgan fingerprint density at radius 1 is 1.50 bits per heavy atom. The molecule has 0 fully saturated rings. The summed E-state index contributed by atoms with van der Waals surface area (Å²) in [6, 6.07) is 0. The molecular weight excluding hydrogens is 138 g/mol. The Kier molecular flexibility index (Phi) is 1.86. The lowest BCUT2D eigenvalue weighted by atomic mass is 13.1. The van der Waals surface area contributed by atoms with Crippen molar-refractivity contribution in [2.45, 2.75) is 0 Å². The van der Waals surface area contributed by atoms with Crippen LogP contribution in [0.1, 0.15) is 0 Å². The van der Waals surface area contributed by atoms with Gasteiger partial charge in [-0.2, -0.15) is 0 Å². The molecule has 0 rings (SSSR count). The molecule has 0 saturated carbocycles. The van der Waals surface area contributed by atoms with Gasteiger partial charge >= 0.3 is 9.05 Å². The largest absolute Gasteiger partial charge is 0.699 e. The molecule has 0 bridgehead atoms. The van der Waals surface area contributed by atoms with Crippen LogP contribution in [0.5, 0.6) is 0 Å². The standard InChI is InChI=1S/H3NO6Si/c2-1(3)7-8(4,5)6/h4-6H. The molecule has 8 heavy (non-hydrogen) atoms. The van der Waals surface area contributed by atoms with E-state index in [4.69, 9.17) is 24.5 Å². The van der Waals surface area contributed by atoms with Crippen LogP contribution in [0, 0.1) is 10.1 Å². The Morgan fingerprint density at radius 2 is 1.88 bits per heavy atom. The zero-order valence-corrected chi connectivity index (χ0v) is 4.51. The van der Waals surface area contributed by atoms with Gasteiger partial charge in [-0.3, -0.25) is 4.53 Å². The van der Waals surface area contributed by atoms with E-state index < -0.39 is 14.1 Å². The molecule has 8 heteroatoms. The molecule has 0 atom stereocenters. The van der Waals surface area contributed by atoms with Crippen LogP contribution in [0.2, 0.25) is 0 Å². The summed E-state index contributed by atoms with van der Waals surface area (Å²) in [5, 5.41) is 7.67. The van der Waals surface area contributed by atoms with Crippen molar-refractivity contribution in [3.05, 3.63) is 10.1 Å². The second-order valence-electron chi connectivity index (χ2n) is 0.889. The van der Waals surface area contributed by atoms with Crippen molar-refractivity contribution >= 4 is 9.05 Å². The minimum Gasteiger partial charge on any atom is -0.370 e. The summed E-state index contributed by atoms with van der Waals surface area (Å²) in [7, 11) is -4.92. The van der Waals surface area contributed by atoms with Gasteiger partial charge in [-0.1, -0.05) is 0 Å². The lowest BCUT2D eigenvalue weighted by Crippen LogP contribution is -2.40. The third-order valence-corrected chi connectivity index (χ3v) is 0.591. The molecule has 3 N–H and O–H groups in total. The molecule has 0 spiro atoms. The van der Waals surface area contributed by atoms with E-state index in [9.17, 15) is 0 Å². The van der Waals surface area contributed by atoms with Gasteiger partial charge in [0.15, 0.2) is 0 Å². The van der Waals surface area contributed by atoms with Gasteiger partial charge in [0.05, 0.1) is 0 Å². The molecule has 48 valence electrons. The minimum absolute atomic E-state index is 1.48. The second kappa shape index (κ2) is 2.04. The topological polar surface area (TPSA) is 113 Å². The van der Waals surface area contributed by atoms with Crippen molar-refractivity contribution in [1.82, 2.24) is 0 Å². The Hall–Kier alpha value is -0.703. The van der Waals surface area contributed by atoms with Crippen molar-refractivity contribution in [3.8, 4) is 0 Å². The van der Waals surface area contributed by atoms with E-state index in [0.717, 1.165) is 0 Å². The van der Waals surface area contributed by atoms with Crippen LogP contribution < -0.4 is 0 Å². The van der Waals surface area contributed by atoms with E-state index in [-0.39, 0.29) is 0 Å². The zero-order chi connectivity index (χ0) is 6.78. The van der Waals surface area contributed by atoms with Gasteiger partial charge in [0, 0.05) is 0 Å². The van der Waals surface area contributed by atoms with Crippen molar-refractivity contribution in [2.24, 2.45) is 0 Å². The number of rotatable bonds is 2. The first-order valence-electron chi connectivity index (χ1n) is 1.42. The van der Waals surface area contributed by atoms with Crippen LogP contribution in [-0.2, 0) is 4.53 Å². The molecule has 0 aromatic rings. The van der Waals surface area contributed by atoms with E-state index in [1.165, 1.54) is 0 Å². The molecule has 0 aliphatic carbocycles. The van der Waals surface area contributed by atoms with Crippen LogP contribution in [0.25, 0.3) is 0 Å². The SMILES string of the molecule is O=[N+]([O-])O[Si](O)(O)O. The van der Waals surface area contributed by atoms with Gasteiger partial charge in [0.2, 0.25) is 0 Å². The van der Waals surface area contributed by atoms with E-state index in [0.29, 0.717) is 0 Å². The highest BCUT2D eigenvalue weighted by atomic mass is 28.4. The van der Waals surface area contributed by atoms with E-state index in [1.54, 1.807) is 0 Å². The molecule has 0 aromatic heterocycles. The maximum Gasteiger partial charge on any atom is 0.699 e. The van der Waals surface area contributed by atoms with Crippen LogP contribution in [-0.4, -0.2) is 28.5 Å². The lowest BCUT2D eigenvalue weighted by molar-refractivity contribution is -0.731. The number of hydrogen-bond donors (Lipinski definition) is 3. The molecule has 0 saturated heterocycles. The third-order valence-electron chi connectivity index (χ3n) is 0.197. The van der Waals surface area contributed by atoms with Gasteiger partial charge in [-0.15, -0.1) is 10.1 Å². The molecule has 0 heterocycles. The monoisotopic (exact) mass is 141 g/mol. The molecule has 0 aliphatic heterocycles. The highest BCUT2D eigenvalue weighted by Crippen LogP contribution is 1.86. The zero-order valence-electron chi connectivity index (χ0n) is 3.51. The van der Waals surface area contributed by atoms with E-state index >= 15 is 0 Å².